The number of ether oxygens (including phenoxy) is 1. The van der Waals surface area contributed by atoms with Gasteiger partial charge in [-0.15, -0.1) is 0 Å². The predicted octanol–water partition coefficient (Wildman–Crippen LogP) is 3.27. The quantitative estimate of drug-likeness (QED) is 0.715. The van der Waals surface area contributed by atoms with Crippen molar-refractivity contribution in [2.45, 2.75) is 32.4 Å². The number of likely N-dealkylation sites (tertiary alicyclic amines) is 1. The lowest BCUT2D eigenvalue weighted by atomic mass is 10.0. The molecule has 4 rings (SSSR count). The Labute approximate surface area is 164 Å². The fourth-order valence-corrected chi connectivity index (χ4v) is 4.09. The van der Waals surface area contributed by atoms with Crippen molar-refractivity contribution in [2.24, 2.45) is 0 Å². The standard InChI is InChI=1S/C22H26N4O2/c1-15-12-16(4-5-19(15)28-3)13-26-11-8-22(2,14-26)25-21(27)20-17-6-9-23-18(17)7-10-24-20/h4-7,9-10,12,23H,8,11,13-14H2,1-3H3,(H,25,27). The maximum absolute atomic E-state index is 12.9. The Morgan fingerprint density at radius 3 is 3.00 bits per heavy atom. The van der Waals surface area contributed by atoms with Gasteiger partial charge in [-0.3, -0.25) is 14.7 Å². The Hall–Kier alpha value is -2.86. The van der Waals surface area contributed by atoms with Crippen LogP contribution < -0.4 is 10.1 Å². The minimum Gasteiger partial charge on any atom is -0.496 e. The number of aromatic nitrogens is 2. The molecule has 28 heavy (non-hydrogen) atoms. The molecule has 6 heteroatoms. The van der Waals surface area contributed by atoms with Gasteiger partial charge in [-0.05, 0) is 49.6 Å². The van der Waals surface area contributed by atoms with E-state index >= 15 is 0 Å². The van der Waals surface area contributed by atoms with Crippen LogP contribution in [0.3, 0.4) is 0 Å². The van der Waals surface area contributed by atoms with E-state index in [-0.39, 0.29) is 11.4 Å². The van der Waals surface area contributed by atoms with Gasteiger partial charge in [0.05, 0.1) is 12.6 Å². The summed E-state index contributed by atoms with van der Waals surface area (Å²) in [5, 5.41) is 4.08. The summed E-state index contributed by atoms with van der Waals surface area (Å²) in [5.41, 5.74) is 3.53. The van der Waals surface area contributed by atoms with E-state index in [1.54, 1.807) is 13.3 Å². The lowest BCUT2D eigenvalue weighted by molar-refractivity contribution is 0.0904. The SMILES string of the molecule is COc1ccc(CN2CCC(C)(NC(=O)c3nccc4[nH]ccc34)C2)cc1C. The van der Waals surface area contributed by atoms with Crippen LogP contribution >= 0.6 is 0 Å². The number of amides is 1. The molecule has 1 aliphatic heterocycles. The highest BCUT2D eigenvalue weighted by Gasteiger charge is 2.35. The number of hydrogen-bond acceptors (Lipinski definition) is 4. The third-order valence-electron chi connectivity index (χ3n) is 5.53. The van der Waals surface area contributed by atoms with Crippen LogP contribution in [-0.4, -0.2) is 46.5 Å². The number of nitrogens with zero attached hydrogens (tertiary/aromatic N) is 2. The maximum atomic E-state index is 12.9. The first-order chi connectivity index (χ1) is 13.5. The molecular formula is C22H26N4O2. The summed E-state index contributed by atoms with van der Waals surface area (Å²) in [6.07, 6.45) is 4.42. The summed E-state index contributed by atoms with van der Waals surface area (Å²) in [5.74, 6) is 0.795. The summed E-state index contributed by atoms with van der Waals surface area (Å²) in [4.78, 5) is 22.7. The number of rotatable bonds is 5. The predicted molar refractivity (Wildman–Crippen MR) is 110 cm³/mol. The first-order valence-corrected chi connectivity index (χ1v) is 9.58. The zero-order valence-corrected chi connectivity index (χ0v) is 16.6. The zero-order valence-electron chi connectivity index (χ0n) is 16.6. The summed E-state index contributed by atoms with van der Waals surface area (Å²) in [7, 11) is 1.69. The number of carbonyl (C=O) groups excluding carboxylic acids is 1. The summed E-state index contributed by atoms with van der Waals surface area (Å²) in [6.45, 7) is 6.80. The van der Waals surface area contributed by atoms with Gasteiger partial charge in [0.25, 0.3) is 5.91 Å². The Kier molecular flexibility index (Phi) is 4.81. The Morgan fingerprint density at radius 1 is 1.36 bits per heavy atom. The van der Waals surface area contributed by atoms with Crippen molar-refractivity contribution in [3.63, 3.8) is 0 Å². The maximum Gasteiger partial charge on any atom is 0.271 e. The average molecular weight is 378 g/mol. The minimum absolute atomic E-state index is 0.116. The molecule has 0 saturated carbocycles. The molecule has 1 unspecified atom stereocenters. The number of benzene rings is 1. The highest BCUT2D eigenvalue weighted by Crippen LogP contribution is 2.25. The second-order valence-corrected chi connectivity index (χ2v) is 7.88. The van der Waals surface area contributed by atoms with E-state index in [4.69, 9.17) is 4.74 Å². The number of hydrogen-bond donors (Lipinski definition) is 2. The van der Waals surface area contributed by atoms with Crippen LogP contribution in [0.2, 0.25) is 0 Å². The molecule has 2 N–H and O–H groups in total. The van der Waals surface area contributed by atoms with Gasteiger partial charge >= 0.3 is 0 Å². The number of fused-ring (bicyclic) bond motifs is 1. The van der Waals surface area contributed by atoms with Gasteiger partial charge in [0.15, 0.2) is 0 Å². The molecule has 1 fully saturated rings. The Bertz CT molecular complexity index is 1010. The van der Waals surface area contributed by atoms with E-state index < -0.39 is 0 Å². The van der Waals surface area contributed by atoms with Crippen LogP contribution in [0.1, 0.15) is 35.0 Å². The summed E-state index contributed by atoms with van der Waals surface area (Å²) in [6, 6.07) is 10.1. The molecule has 1 saturated heterocycles. The smallest absolute Gasteiger partial charge is 0.271 e. The number of pyridine rings is 1. The molecule has 2 aromatic heterocycles. The van der Waals surface area contributed by atoms with E-state index in [1.165, 1.54) is 5.56 Å². The average Bonchev–Trinajstić information content (AvgIpc) is 3.28. The first-order valence-electron chi connectivity index (χ1n) is 9.58. The third-order valence-corrected chi connectivity index (χ3v) is 5.53. The van der Waals surface area contributed by atoms with Gasteiger partial charge in [-0.2, -0.15) is 0 Å². The van der Waals surface area contributed by atoms with Crippen LogP contribution in [0.25, 0.3) is 10.9 Å². The molecular weight excluding hydrogens is 352 g/mol. The van der Waals surface area contributed by atoms with Crippen LogP contribution in [0, 0.1) is 6.92 Å². The van der Waals surface area contributed by atoms with Crippen LogP contribution in [0.5, 0.6) is 5.75 Å². The van der Waals surface area contributed by atoms with Gasteiger partial charge in [0.2, 0.25) is 0 Å². The van der Waals surface area contributed by atoms with E-state index in [2.05, 4.69) is 46.2 Å². The van der Waals surface area contributed by atoms with E-state index in [9.17, 15) is 4.79 Å². The summed E-state index contributed by atoms with van der Waals surface area (Å²) >= 11 is 0. The molecule has 1 amide bonds. The number of H-pyrrole nitrogens is 1. The fourth-order valence-electron chi connectivity index (χ4n) is 4.09. The van der Waals surface area contributed by atoms with Crippen molar-refractivity contribution < 1.29 is 9.53 Å². The van der Waals surface area contributed by atoms with Crippen LogP contribution in [0.4, 0.5) is 0 Å². The molecule has 1 aliphatic rings. The lowest BCUT2D eigenvalue weighted by Crippen LogP contribution is -2.48. The second-order valence-electron chi connectivity index (χ2n) is 7.88. The topological polar surface area (TPSA) is 70.2 Å². The largest absolute Gasteiger partial charge is 0.496 e. The number of methoxy groups -OCH3 is 1. The van der Waals surface area contributed by atoms with Crippen LogP contribution in [0.15, 0.2) is 42.7 Å². The number of carbonyl (C=O) groups is 1. The van der Waals surface area contributed by atoms with Crippen molar-refractivity contribution in [2.75, 3.05) is 20.2 Å². The lowest BCUT2D eigenvalue weighted by Gasteiger charge is -2.26. The van der Waals surface area contributed by atoms with Crippen molar-refractivity contribution >= 4 is 16.8 Å². The van der Waals surface area contributed by atoms with E-state index in [0.717, 1.165) is 48.3 Å². The molecule has 0 spiro atoms. The highest BCUT2D eigenvalue weighted by molar-refractivity contribution is 6.04. The monoisotopic (exact) mass is 378 g/mol. The van der Waals surface area contributed by atoms with Crippen molar-refractivity contribution in [1.29, 1.82) is 0 Å². The highest BCUT2D eigenvalue weighted by atomic mass is 16.5. The molecule has 1 atom stereocenters. The van der Waals surface area contributed by atoms with Gasteiger partial charge in [-0.25, -0.2) is 0 Å². The minimum atomic E-state index is -0.265. The Balaban J connectivity index is 1.43. The number of nitrogens with one attached hydrogen (secondary N) is 2. The second kappa shape index (κ2) is 7.28. The molecule has 0 bridgehead atoms. The summed E-state index contributed by atoms with van der Waals surface area (Å²) < 4.78 is 5.34. The van der Waals surface area contributed by atoms with Gasteiger partial charge in [0.1, 0.15) is 11.4 Å². The van der Waals surface area contributed by atoms with Gasteiger partial charge < -0.3 is 15.0 Å². The van der Waals surface area contributed by atoms with Crippen molar-refractivity contribution in [3.8, 4) is 5.75 Å². The molecule has 146 valence electrons. The van der Waals surface area contributed by atoms with Crippen molar-refractivity contribution in [3.05, 3.63) is 59.5 Å². The Morgan fingerprint density at radius 2 is 2.21 bits per heavy atom. The van der Waals surface area contributed by atoms with Gasteiger partial charge in [-0.1, -0.05) is 12.1 Å². The zero-order chi connectivity index (χ0) is 19.7. The number of aromatic amines is 1. The third kappa shape index (κ3) is 3.60. The fraction of sp³-hybridized carbons (Fsp3) is 0.364. The molecule has 0 radical (unpaired) electrons. The molecule has 3 heterocycles. The molecule has 6 nitrogen and oxygen atoms in total. The van der Waals surface area contributed by atoms with Gasteiger partial charge in [0, 0.05) is 42.9 Å². The normalized spacial score (nSPS) is 19.8. The molecule has 3 aromatic rings. The molecule has 1 aromatic carbocycles. The first kappa shape index (κ1) is 18.5. The van der Waals surface area contributed by atoms with Crippen LogP contribution in [-0.2, 0) is 6.54 Å². The number of aryl methyl sites for hydroxylation is 1. The van der Waals surface area contributed by atoms with Crippen molar-refractivity contribution in [1.82, 2.24) is 20.2 Å². The molecule has 0 aliphatic carbocycles. The van der Waals surface area contributed by atoms with E-state index in [1.807, 2.05) is 24.4 Å². The van der Waals surface area contributed by atoms with E-state index in [0.29, 0.717) is 5.69 Å².